The molecule has 230 valence electrons. The van der Waals surface area contributed by atoms with Crippen molar-refractivity contribution < 1.29 is 18.7 Å². The third-order valence-electron chi connectivity index (χ3n) is 7.63. The zero-order valence-electron chi connectivity index (χ0n) is 25.6. The van der Waals surface area contributed by atoms with Crippen LogP contribution < -0.4 is 25.4 Å². The summed E-state index contributed by atoms with van der Waals surface area (Å²) in [5.41, 5.74) is 1.76. The molecule has 0 aliphatic carbocycles. The van der Waals surface area contributed by atoms with Gasteiger partial charge in [-0.1, -0.05) is 42.5 Å². The molecule has 2 aromatic heterocycles. The lowest BCUT2D eigenvalue weighted by atomic mass is 10.0. The molecular weight excluding hydrogens is 563 g/mol. The van der Waals surface area contributed by atoms with E-state index in [1.165, 1.54) is 16.5 Å². The first kappa shape index (κ1) is 30.7. The number of ether oxygens (including phenoxy) is 1. The van der Waals surface area contributed by atoms with Gasteiger partial charge in [-0.25, -0.2) is 9.37 Å². The summed E-state index contributed by atoms with van der Waals surface area (Å²) in [5, 5.41) is 2.78. The molecule has 2 amide bonds. The molecule has 0 atom stereocenters. The van der Waals surface area contributed by atoms with Crippen LogP contribution in [0.2, 0.25) is 0 Å². The first-order chi connectivity index (χ1) is 20.9. The van der Waals surface area contributed by atoms with Gasteiger partial charge in [0.05, 0.1) is 17.9 Å². The molecule has 3 heterocycles. The number of amides is 2. The predicted octanol–water partition coefficient (Wildman–Crippen LogP) is 3.86. The second kappa shape index (κ2) is 12.5. The van der Waals surface area contributed by atoms with Crippen LogP contribution in [-0.4, -0.2) is 65.4 Å². The number of fused-ring (bicyclic) bond motifs is 1. The molecule has 1 aliphatic heterocycles. The molecule has 0 unspecified atom stereocenters. The molecule has 1 fully saturated rings. The number of hydrogen-bond donors (Lipinski definition) is 1. The van der Waals surface area contributed by atoms with E-state index in [0.717, 1.165) is 5.56 Å². The Labute approximate surface area is 255 Å². The number of rotatable bonds is 8. The van der Waals surface area contributed by atoms with Gasteiger partial charge in [-0.15, -0.1) is 0 Å². The van der Waals surface area contributed by atoms with E-state index in [1.807, 2.05) is 49.3 Å². The highest BCUT2D eigenvalue weighted by atomic mass is 19.1. The van der Waals surface area contributed by atoms with Crippen molar-refractivity contribution in [1.29, 1.82) is 0 Å². The van der Waals surface area contributed by atoms with Gasteiger partial charge in [0.15, 0.2) is 11.3 Å². The van der Waals surface area contributed by atoms with Crippen LogP contribution in [0.1, 0.15) is 42.4 Å². The van der Waals surface area contributed by atoms with Crippen LogP contribution in [0.15, 0.2) is 71.7 Å². The number of benzene rings is 2. The van der Waals surface area contributed by atoms with E-state index in [-0.39, 0.29) is 54.1 Å². The summed E-state index contributed by atoms with van der Waals surface area (Å²) in [6.07, 6.45) is 1.62. The quantitative estimate of drug-likeness (QED) is 0.328. The highest BCUT2D eigenvalue weighted by Crippen LogP contribution is 2.30. The summed E-state index contributed by atoms with van der Waals surface area (Å²) >= 11 is 0. The lowest BCUT2D eigenvalue weighted by Crippen LogP contribution is -2.56. The van der Waals surface area contributed by atoms with Gasteiger partial charge in [0, 0.05) is 45.5 Å². The number of hydrogen-bond acceptors (Lipinski definition) is 7. The van der Waals surface area contributed by atoms with Crippen molar-refractivity contribution in [2.75, 3.05) is 43.5 Å². The van der Waals surface area contributed by atoms with E-state index in [0.29, 0.717) is 30.0 Å². The highest BCUT2D eigenvalue weighted by Gasteiger charge is 2.33. The molecule has 11 heteroatoms. The van der Waals surface area contributed by atoms with Crippen molar-refractivity contribution in [3.8, 4) is 5.75 Å². The number of anilines is 2. The largest absolute Gasteiger partial charge is 0.481 e. The molecule has 5 rings (SSSR count). The predicted molar refractivity (Wildman–Crippen MR) is 168 cm³/mol. The van der Waals surface area contributed by atoms with Gasteiger partial charge in [0.1, 0.15) is 12.4 Å². The molecule has 0 spiro atoms. The van der Waals surface area contributed by atoms with E-state index >= 15 is 0 Å². The molecule has 1 aliphatic rings. The van der Waals surface area contributed by atoms with Crippen molar-refractivity contribution in [3.63, 3.8) is 0 Å². The van der Waals surface area contributed by atoms with Gasteiger partial charge in [-0.2, -0.15) is 0 Å². The number of aromatic nitrogens is 2. The Kier molecular flexibility index (Phi) is 8.68. The summed E-state index contributed by atoms with van der Waals surface area (Å²) in [7, 11) is 3.68. The van der Waals surface area contributed by atoms with Gasteiger partial charge in [0.25, 0.3) is 5.91 Å². The number of carbonyl (C=O) groups excluding carboxylic acids is 2. The van der Waals surface area contributed by atoms with Crippen molar-refractivity contribution in [2.45, 2.75) is 39.5 Å². The van der Waals surface area contributed by atoms with Crippen molar-refractivity contribution in [2.24, 2.45) is 0 Å². The molecule has 4 aromatic rings. The van der Waals surface area contributed by atoms with Crippen molar-refractivity contribution >= 4 is 28.8 Å². The number of nitrogens with zero attached hydrogens (tertiary/aromatic N) is 5. The molecule has 0 radical (unpaired) electrons. The first-order valence-electron chi connectivity index (χ1n) is 14.4. The van der Waals surface area contributed by atoms with Crippen LogP contribution in [0.3, 0.4) is 0 Å². The van der Waals surface area contributed by atoms with Gasteiger partial charge < -0.3 is 19.9 Å². The summed E-state index contributed by atoms with van der Waals surface area (Å²) in [6.45, 7) is 7.52. The molecular formula is C33H37FN6O4. The Hall–Kier alpha value is -4.77. The molecule has 44 heavy (non-hydrogen) atoms. The summed E-state index contributed by atoms with van der Waals surface area (Å²) in [4.78, 5) is 51.5. The Balaban J connectivity index is 1.61. The van der Waals surface area contributed by atoms with Crippen LogP contribution in [-0.2, 0) is 17.9 Å². The molecule has 0 bridgehead atoms. The minimum Gasteiger partial charge on any atom is -0.481 e. The maximum atomic E-state index is 14.1. The van der Waals surface area contributed by atoms with Crippen molar-refractivity contribution in [1.82, 2.24) is 19.6 Å². The second-order valence-corrected chi connectivity index (χ2v) is 12.0. The van der Waals surface area contributed by atoms with Crippen LogP contribution in [0.25, 0.3) is 5.65 Å². The molecule has 1 saturated heterocycles. The van der Waals surface area contributed by atoms with Gasteiger partial charge in [0.2, 0.25) is 11.7 Å². The van der Waals surface area contributed by atoms with E-state index in [1.54, 1.807) is 29.3 Å². The smallest absolute Gasteiger partial charge is 0.301 e. The Morgan fingerprint density at radius 1 is 1.02 bits per heavy atom. The SMILES string of the molecule is CN(C)c1cc(N2CCN(C(C)(C)C)CC2=O)c2nc(C(=O)NCc3ccc(F)cc3)c(OCc3ccccc3)c(=O)n2c1. The second-order valence-electron chi connectivity index (χ2n) is 12.0. The zero-order chi connectivity index (χ0) is 31.6. The number of carbonyl (C=O) groups is 2. The fourth-order valence-electron chi connectivity index (χ4n) is 5.02. The van der Waals surface area contributed by atoms with Gasteiger partial charge in [-0.3, -0.25) is 23.7 Å². The highest BCUT2D eigenvalue weighted by molar-refractivity contribution is 6.00. The molecule has 1 N–H and O–H groups in total. The van der Waals surface area contributed by atoms with Crippen LogP contribution in [0.5, 0.6) is 5.75 Å². The van der Waals surface area contributed by atoms with E-state index < -0.39 is 11.5 Å². The van der Waals surface area contributed by atoms with E-state index in [4.69, 9.17) is 9.72 Å². The summed E-state index contributed by atoms with van der Waals surface area (Å²) in [5.74, 6) is -1.37. The van der Waals surface area contributed by atoms with E-state index in [9.17, 15) is 18.8 Å². The first-order valence-corrected chi connectivity index (χ1v) is 14.4. The zero-order valence-corrected chi connectivity index (χ0v) is 25.6. The van der Waals surface area contributed by atoms with Crippen molar-refractivity contribution in [3.05, 3.63) is 99.9 Å². The Morgan fingerprint density at radius 3 is 2.36 bits per heavy atom. The Morgan fingerprint density at radius 2 is 1.73 bits per heavy atom. The lowest BCUT2D eigenvalue weighted by Gasteiger charge is -2.41. The lowest BCUT2D eigenvalue weighted by molar-refractivity contribution is -0.122. The number of halogens is 1. The minimum absolute atomic E-state index is 0.0372. The maximum Gasteiger partial charge on any atom is 0.301 e. The minimum atomic E-state index is -0.636. The number of piperazine rings is 1. The standard InChI is InChI=1S/C33H37FN6O4/c1-33(2,3)38-15-16-39(27(41)20-38)26-17-25(37(4)5)19-40-30(26)36-28(31(42)35-18-22-11-13-24(34)14-12-22)29(32(40)43)44-21-23-9-7-6-8-10-23/h6-14,17,19H,15-16,18,20-21H2,1-5H3,(H,35,42). The van der Waals surface area contributed by atoms with E-state index in [2.05, 4.69) is 31.0 Å². The molecule has 10 nitrogen and oxygen atoms in total. The van der Waals surface area contributed by atoms with Crippen LogP contribution in [0.4, 0.5) is 15.8 Å². The maximum absolute atomic E-state index is 14.1. The average molecular weight is 601 g/mol. The third-order valence-corrected chi connectivity index (χ3v) is 7.63. The van der Waals surface area contributed by atoms with Gasteiger partial charge >= 0.3 is 5.56 Å². The fourth-order valence-corrected chi connectivity index (χ4v) is 5.02. The van der Waals surface area contributed by atoms with Crippen LogP contribution in [0, 0.1) is 5.82 Å². The monoisotopic (exact) mass is 600 g/mol. The van der Waals surface area contributed by atoms with Gasteiger partial charge in [-0.05, 0) is 50.1 Å². The summed E-state index contributed by atoms with van der Waals surface area (Å²) < 4.78 is 20.8. The molecule has 2 aromatic carbocycles. The normalized spacial score (nSPS) is 14.1. The topological polar surface area (TPSA) is 99.5 Å². The summed E-state index contributed by atoms with van der Waals surface area (Å²) in [6, 6.07) is 16.8. The fraction of sp³-hybridized carbons (Fsp3) is 0.333. The number of nitrogens with one attached hydrogen (secondary N) is 1. The number of pyridine rings is 1. The van der Waals surface area contributed by atoms with Crippen LogP contribution >= 0.6 is 0 Å². The Bertz CT molecular complexity index is 1730. The molecule has 0 saturated carbocycles. The average Bonchev–Trinajstić information content (AvgIpc) is 2.99. The third kappa shape index (κ3) is 6.57.